The van der Waals surface area contributed by atoms with Crippen molar-refractivity contribution in [1.82, 2.24) is 4.98 Å². The average Bonchev–Trinajstić information content (AvgIpc) is 2.86. The summed E-state index contributed by atoms with van der Waals surface area (Å²) in [5.74, 6) is -4.41. The molecule has 0 spiro atoms. The molecule has 1 heterocycles. The van der Waals surface area contributed by atoms with E-state index < -0.39 is 35.5 Å². The van der Waals surface area contributed by atoms with Gasteiger partial charge in [0.25, 0.3) is 0 Å². The van der Waals surface area contributed by atoms with Gasteiger partial charge >= 0.3 is 0 Å². The summed E-state index contributed by atoms with van der Waals surface area (Å²) in [6.07, 6.45) is -0.604. The smallest absolute Gasteiger partial charge is 0.214 e. The van der Waals surface area contributed by atoms with E-state index in [0.717, 1.165) is 11.2 Å². The molecule has 0 saturated heterocycles. The van der Waals surface area contributed by atoms with Crippen LogP contribution in [0.15, 0.2) is 24.3 Å². The molecular formula is C17H15NO4. The molecule has 22 heavy (non-hydrogen) atoms. The van der Waals surface area contributed by atoms with Crippen molar-refractivity contribution in [3.63, 3.8) is 0 Å². The van der Waals surface area contributed by atoms with Crippen molar-refractivity contribution in [3.05, 3.63) is 35.5 Å². The Hall–Kier alpha value is -2.56. The zero-order valence-corrected chi connectivity index (χ0v) is 12.3. The van der Waals surface area contributed by atoms with E-state index in [1.165, 1.54) is 0 Å². The fraction of sp³-hybridized carbons (Fsp3) is 0.294. The van der Waals surface area contributed by atoms with Crippen LogP contribution in [0.4, 0.5) is 0 Å². The van der Waals surface area contributed by atoms with Gasteiger partial charge in [-0.25, -0.2) is 0 Å². The van der Waals surface area contributed by atoms with Crippen LogP contribution in [0.5, 0.6) is 0 Å². The third-order valence-corrected chi connectivity index (χ3v) is 4.04. The number of H-pyrrole nitrogens is 1. The van der Waals surface area contributed by atoms with E-state index in [0.29, 0.717) is 10.9 Å². The molecule has 0 radical (unpaired) electrons. The molecule has 0 unspecified atom stereocenters. The Morgan fingerprint density at radius 3 is 2.18 bits per heavy atom. The van der Waals surface area contributed by atoms with Gasteiger partial charge in [0, 0.05) is 16.6 Å². The minimum absolute atomic E-state index is 0.0233. The third kappa shape index (κ3) is 2.01. The van der Waals surface area contributed by atoms with Gasteiger partial charge in [-0.15, -0.1) is 0 Å². The first kappa shape index (κ1) is 14.4. The largest absolute Gasteiger partial charge is 0.358 e. The van der Waals surface area contributed by atoms with Crippen LogP contribution < -0.4 is 0 Å². The molecule has 1 N–H and O–H groups in total. The molecule has 112 valence electrons. The normalized spacial score (nSPS) is 17.0. The molecule has 5 heteroatoms. The highest BCUT2D eigenvalue weighted by Crippen LogP contribution is 2.36. The molecule has 0 atom stereocenters. The van der Waals surface area contributed by atoms with E-state index in [2.05, 4.69) is 4.98 Å². The lowest BCUT2D eigenvalue weighted by Crippen LogP contribution is -2.40. The minimum Gasteiger partial charge on any atom is -0.358 e. The Morgan fingerprint density at radius 1 is 1.00 bits per heavy atom. The highest BCUT2D eigenvalue weighted by molar-refractivity contribution is 6.61. The molecule has 1 fully saturated rings. The topological polar surface area (TPSA) is 84.1 Å². The van der Waals surface area contributed by atoms with Crippen molar-refractivity contribution in [2.24, 2.45) is 0 Å². The van der Waals surface area contributed by atoms with Gasteiger partial charge in [-0.2, -0.15) is 0 Å². The Bertz CT molecular complexity index is 802. The Kier molecular flexibility index (Phi) is 3.28. The summed E-state index contributed by atoms with van der Waals surface area (Å²) >= 11 is 0. The number of aromatic amines is 1. The quantitative estimate of drug-likeness (QED) is 0.679. The number of carbonyl (C=O) groups excluding carboxylic acids is 4. The Balaban J connectivity index is 2.30. The number of hydrogen-bond acceptors (Lipinski definition) is 4. The zero-order chi connectivity index (χ0) is 16.0. The Morgan fingerprint density at radius 2 is 1.59 bits per heavy atom. The van der Waals surface area contributed by atoms with E-state index in [1.807, 2.05) is 26.0 Å². The van der Waals surface area contributed by atoms with Gasteiger partial charge in [0.2, 0.25) is 23.1 Å². The maximum Gasteiger partial charge on any atom is 0.214 e. The molecule has 1 saturated carbocycles. The van der Waals surface area contributed by atoms with Crippen molar-refractivity contribution in [2.75, 3.05) is 0 Å². The first-order chi connectivity index (χ1) is 10.4. The van der Waals surface area contributed by atoms with Gasteiger partial charge in [-0.1, -0.05) is 32.0 Å². The number of Topliss-reactive ketones (excluding diaryl/α,β-unsaturated/α-hetero) is 4. The zero-order valence-electron chi connectivity index (χ0n) is 12.3. The van der Waals surface area contributed by atoms with Crippen molar-refractivity contribution < 1.29 is 19.2 Å². The molecule has 0 amide bonds. The van der Waals surface area contributed by atoms with Crippen LogP contribution in [0.3, 0.4) is 0 Å². The first-order valence-electron chi connectivity index (χ1n) is 7.16. The van der Waals surface area contributed by atoms with Crippen LogP contribution >= 0.6 is 0 Å². The maximum atomic E-state index is 12.3. The van der Waals surface area contributed by atoms with Crippen LogP contribution in [0, 0.1) is 0 Å². The lowest BCUT2D eigenvalue weighted by molar-refractivity contribution is -0.149. The minimum atomic E-state index is -1.30. The molecule has 1 aromatic heterocycles. The number of benzene rings is 1. The number of ketones is 4. The molecule has 0 bridgehead atoms. The molecule has 5 nitrogen and oxygen atoms in total. The fourth-order valence-electron chi connectivity index (χ4n) is 2.97. The van der Waals surface area contributed by atoms with Gasteiger partial charge in [0.1, 0.15) is 5.92 Å². The summed E-state index contributed by atoms with van der Waals surface area (Å²) in [4.78, 5) is 51.2. The molecule has 2 aromatic rings. The van der Waals surface area contributed by atoms with E-state index >= 15 is 0 Å². The number of rotatable bonds is 2. The summed E-state index contributed by atoms with van der Waals surface area (Å²) in [6, 6.07) is 7.27. The van der Waals surface area contributed by atoms with Crippen LogP contribution in [-0.4, -0.2) is 28.1 Å². The second kappa shape index (κ2) is 5.02. The van der Waals surface area contributed by atoms with Gasteiger partial charge < -0.3 is 4.98 Å². The van der Waals surface area contributed by atoms with Gasteiger partial charge in [-0.3, -0.25) is 19.2 Å². The van der Waals surface area contributed by atoms with Crippen LogP contribution in [-0.2, 0) is 19.2 Å². The summed E-state index contributed by atoms with van der Waals surface area (Å²) < 4.78 is 0. The van der Waals surface area contributed by atoms with Crippen LogP contribution in [0.25, 0.3) is 10.9 Å². The van der Waals surface area contributed by atoms with Crippen molar-refractivity contribution in [3.8, 4) is 0 Å². The van der Waals surface area contributed by atoms with E-state index in [1.54, 1.807) is 12.1 Å². The lowest BCUT2D eigenvalue weighted by atomic mass is 9.78. The molecule has 1 aliphatic rings. The molecule has 3 rings (SSSR count). The standard InChI is InChI=1S/C17H15NO4/c1-8(2)15-13(9-5-3-4-6-10(9)18-15)14-16(21)11(19)7-12(20)17(14)22/h3-6,8,14,18H,7H2,1-2H3. The molecule has 1 aromatic carbocycles. The van der Waals surface area contributed by atoms with E-state index in [-0.39, 0.29) is 5.92 Å². The summed E-state index contributed by atoms with van der Waals surface area (Å²) in [7, 11) is 0. The van der Waals surface area contributed by atoms with Crippen LogP contribution in [0.2, 0.25) is 0 Å². The van der Waals surface area contributed by atoms with Gasteiger partial charge in [0.15, 0.2) is 0 Å². The molecule has 0 aliphatic heterocycles. The summed E-state index contributed by atoms with van der Waals surface area (Å²) in [5, 5.41) is 0.709. The number of para-hydroxylation sites is 1. The maximum absolute atomic E-state index is 12.3. The predicted molar refractivity (Wildman–Crippen MR) is 79.8 cm³/mol. The van der Waals surface area contributed by atoms with Crippen molar-refractivity contribution >= 4 is 34.0 Å². The number of nitrogens with one attached hydrogen (secondary N) is 1. The number of hydrogen-bond donors (Lipinski definition) is 1. The summed E-state index contributed by atoms with van der Waals surface area (Å²) in [6.45, 7) is 3.85. The van der Waals surface area contributed by atoms with E-state index in [9.17, 15) is 19.2 Å². The highest BCUT2D eigenvalue weighted by atomic mass is 16.2. The second-order valence-corrected chi connectivity index (χ2v) is 5.84. The SMILES string of the molecule is CC(C)c1[nH]c2ccccc2c1C1C(=O)C(=O)CC(=O)C1=O. The Labute approximate surface area is 126 Å². The van der Waals surface area contributed by atoms with Crippen LogP contribution in [0.1, 0.15) is 43.4 Å². The highest BCUT2D eigenvalue weighted by Gasteiger charge is 2.44. The molecule has 1 aliphatic carbocycles. The van der Waals surface area contributed by atoms with E-state index in [4.69, 9.17) is 0 Å². The van der Waals surface area contributed by atoms with Crippen molar-refractivity contribution in [2.45, 2.75) is 32.1 Å². The van der Waals surface area contributed by atoms with Gasteiger partial charge in [0.05, 0.1) is 6.42 Å². The monoisotopic (exact) mass is 297 g/mol. The fourth-order valence-corrected chi connectivity index (χ4v) is 2.97. The number of aromatic nitrogens is 1. The van der Waals surface area contributed by atoms with Gasteiger partial charge in [-0.05, 0) is 17.5 Å². The lowest BCUT2D eigenvalue weighted by Gasteiger charge is -2.19. The second-order valence-electron chi connectivity index (χ2n) is 5.84. The summed E-state index contributed by atoms with van der Waals surface area (Å²) in [5.41, 5.74) is 1.98. The number of carbonyl (C=O) groups is 4. The molecular weight excluding hydrogens is 282 g/mol. The third-order valence-electron chi connectivity index (χ3n) is 4.04. The first-order valence-corrected chi connectivity index (χ1v) is 7.16. The average molecular weight is 297 g/mol. The predicted octanol–water partition coefficient (Wildman–Crippen LogP) is 2.05. The van der Waals surface area contributed by atoms with Crippen molar-refractivity contribution in [1.29, 1.82) is 0 Å². The number of fused-ring (bicyclic) bond motifs is 1.